The minimum atomic E-state index is -3.07. The number of fused-ring (bicyclic) bond motifs is 2. The van der Waals surface area contributed by atoms with Gasteiger partial charge in [-0.1, -0.05) is 79.7 Å². The van der Waals surface area contributed by atoms with E-state index in [0.717, 1.165) is 56.0 Å². The van der Waals surface area contributed by atoms with Crippen LogP contribution in [-0.2, 0) is 11.0 Å². The van der Waals surface area contributed by atoms with Crippen molar-refractivity contribution in [2.45, 2.75) is 13.3 Å². The molecule has 150 valence electrons. The SMILES string of the molecule is CCc1nc2cc(-c3ccccc3)cc3c2n1-c1ccccc1P3(=O)c1ccccc1. The number of hydrogen-bond donors (Lipinski definition) is 0. The van der Waals surface area contributed by atoms with E-state index in [9.17, 15) is 0 Å². The fraction of sp³-hybridized carbons (Fsp3) is 0.0741. The molecule has 0 radical (unpaired) electrons. The van der Waals surface area contributed by atoms with Crippen LogP contribution >= 0.6 is 7.14 Å². The van der Waals surface area contributed by atoms with E-state index in [1.165, 1.54) is 0 Å². The summed E-state index contributed by atoms with van der Waals surface area (Å²) in [6.45, 7) is 2.12. The van der Waals surface area contributed by atoms with Crippen LogP contribution in [-0.4, -0.2) is 9.55 Å². The van der Waals surface area contributed by atoms with Gasteiger partial charge in [0, 0.05) is 22.3 Å². The van der Waals surface area contributed by atoms with Crippen molar-refractivity contribution in [2.24, 2.45) is 0 Å². The Labute approximate surface area is 181 Å². The van der Waals surface area contributed by atoms with Gasteiger partial charge in [-0.2, -0.15) is 0 Å². The predicted molar refractivity (Wildman–Crippen MR) is 129 cm³/mol. The molecule has 0 saturated heterocycles. The van der Waals surface area contributed by atoms with Gasteiger partial charge in [0.2, 0.25) is 0 Å². The third kappa shape index (κ3) is 2.54. The van der Waals surface area contributed by atoms with E-state index in [1.807, 2.05) is 66.7 Å². The summed E-state index contributed by atoms with van der Waals surface area (Å²) in [5.74, 6) is 0.994. The Morgan fingerprint density at radius 3 is 2.19 bits per heavy atom. The van der Waals surface area contributed by atoms with E-state index in [2.05, 4.69) is 41.8 Å². The Morgan fingerprint density at radius 2 is 1.45 bits per heavy atom. The highest BCUT2D eigenvalue weighted by Gasteiger charge is 2.39. The fourth-order valence-electron chi connectivity index (χ4n) is 4.74. The highest BCUT2D eigenvalue weighted by atomic mass is 31.2. The molecule has 0 N–H and O–H groups in total. The quantitative estimate of drug-likeness (QED) is 0.369. The fourth-order valence-corrected chi connectivity index (χ4v) is 7.77. The first-order valence-electron chi connectivity index (χ1n) is 10.6. The van der Waals surface area contributed by atoms with Crippen molar-refractivity contribution in [3.63, 3.8) is 0 Å². The van der Waals surface area contributed by atoms with Crippen molar-refractivity contribution in [3.05, 3.63) is 103 Å². The van der Waals surface area contributed by atoms with Gasteiger partial charge in [0.25, 0.3) is 0 Å². The molecule has 31 heavy (non-hydrogen) atoms. The molecule has 2 heterocycles. The van der Waals surface area contributed by atoms with Gasteiger partial charge >= 0.3 is 0 Å². The normalized spacial score (nSPS) is 16.9. The van der Waals surface area contributed by atoms with Gasteiger partial charge in [0.05, 0.1) is 16.7 Å². The second kappa shape index (κ2) is 6.80. The summed E-state index contributed by atoms with van der Waals surface area (Å²) in [4.78, 5) is 4.99. The summed E-state index contributed by atoms with van der Waals surface area (Å²) in [5, 5.41) is 2.62. The molecule has 4 heteroatoms. The maximum absolute atomic E-state index is 15.1. The first kappa shape index (κ1) is 18.4. The lowest BCUT2D eigenvalue weighted by Crippen LogP contribution is -2.33. The van der Waals surface area contributed by atoms with E-state index in [1.54, 1.807) is 0 Å². The standard InChI is InChI=1S/C27H21N2OP/c1-2-26-28-22-17-20(19-11-5-3-6-12-19)18-25-27(22)29(26)23-15-9-10-16-24(23)31(25,30)21-13-7-4-8-14-21/h3-18H,2H2,1H3. The summed E-state index contributed by atoms with van der Waals surface area (Å²) < 4.78 is 17.3. The minimum Gasteiger partial charge on any atom is -0.308 e. The summed E-state index contributed by atoms with van der Waals surface area (Å²) in [5.41, 5.74) is 5.01. The first-order valence-corrected chi connectivity index (χ1v) is 12.3. The molecule has 1 unspecified atom stereocenters. The lowest BCUT2D eigenvalue weighted by Gasteiger charge is -2.29. The largest absolute Gasteiger partial charge is 0.308 e. The lowest BCUT2D eigenvalue weighted by molar-refractivity contribution is 0.592. The highest BCUT2D eigenvalue weighted by molar-refractivity contribution is 7.86. The molecule has 0 fully saturated rings. The molecule has 3 nitrogen and oxygen atoms in total. The van der Waals surface area contributed by atoms with Gasteiger partial charge in [-0.3, -0.25) is 4.57 Å². The molecule has 1 aromatic heterocycles. The molecule has 4 aromatic carbocycles. The molecule has 0 saturated carbocycles. The number of aryl methyl sites for hydroxylation is 1. The van der Waals surface area contributed by atoms with Crippen molar-refractivity contribution in [2.75, 3.05) is 0 Å². The average Bonchev–Trinajstić information content (AvgIpc) is 3.22. The zero-order chi connectivity index (χ0) is 21.0. The van der Waals surface area contributed by atoms with E-state index in [0.29, 0.717) is 0 Å². The van der Waals surface area contributed by atoms with Gasteiger partial charge in [-0.05, 0) is 35.4 Å². The second-order valence-corrected chi connectivity index (χ2v) is 10.6. The van der Waals surface area contributed by atoms with Crippen LogP contribution < -0.4 is 15.9 Å². The molecular formula is C27H21N2OP. The molecule has 0 amide bonds. The van der Waals surface area contributed by atoms with Crippen LogP contribution in [0.2, 0.25) is 0 Å². The molecule has 1 atom stereocenters. The molecular weight excluding hydrogens is 399 g/mol. The van der Waals surface area contributed by atoms with E-state index < -0.39 is 7.14 Å². The smallest absolute Gasteiger partial charge is 0.175 e. The Morgan fingerprint density at radius 1 is 0.774 bits per heavy atom. The Hall–Kier alpha value is -3.42. The maximum atomic E-state index is 15.1. The zero-order valence-electron chi connectivity index (χ0n) is 17.2. The number of imidazole rings is 1. The molecule has 5 aromatic rings. The topological polar surface area (TPSA) is 34.9 Å². The van der Waals surface area contributed by atoms with E-state index in [4.69, 9.17) is 4.98 Å². The van der Waals surface area contributed by atoms with Crippen LogP contribution in [0.15, 0.2) is 97.1 Å². The Bertz CT molecular complexity index is 1490. The summed E-state index contributed by atoms with van der Waals surface area (Å²) in [7, 11) is -3.07. The lowest BCUT2D eigenvalue weighted by atomic mass is 10.1. The highest BCUT2D eigenvalue weighted by Crippen LogP contribution is 2.50. The molecule has 1 aliphatic heterocycles. The molecule has 0 bridgehead atoms. The molecule has 0 spiro atoms. The van der Waals surface area contributed by atoms with Gasteiger partial charge in [-0.25, -0.2) is 4.98 Å². The predicted octanol–water partition coefficient (Wildman–Crippen LogP) is 5.21. The van der Waals surface area contributed by atoms with Crippen LogP contribution in [0.1, 0.15) is 12.7 Å². The number of benzene rings is 4. The molecule has 1 aliphatic rings. The summed E-state index contributed by atoms with van der Waals surface area (Å²) in [6, 6.07) is 32.5. The Balaban J connectivity index is 1.80. The third-order valence-corrected chi connectivity index (χ3v) is 9.25. The van der Waals surface area contributed by atoms with Crippen LogP contribution in [0.5, 0.6) is 0 Å². The first-order chi connectivity index (χ1) is 15.2. The summed E-state index contributed by atoms with van der Waals surface area (Å²) in [6.07, 6.45) is 0.804. The molecule has 6 rings (SSSR count). The van der Waals surface area contributed by atoms with E-state index >= 15 is 4.57 Å². The monoisotopic (exact) mass is 420 g/mol. The maximum Gasteiger partial charge on any atom is 0.175 e. The molecule has 0 aliphatic carbocycles. The van der Waals surface area contributed by atoms with Gasteiger partial charge in [-0.15, -0.1) is 0 Å². The van der Waals surface area contributed by atoms with Crippen molar-refractivity contribution in [1.82, 2.24) is 9.55 Å². The summed E-state index contributed by atoms with van der Waals surface area (Å²) >= 11 is 0. The van der Waals surface area contributed by atoms with Crippen LogP contribution in [0, 0.1) is 0 Å². The van der Waals surface area contributed by atoms with Gasteiger partial charge in [0.15, 0.2) is 7.14 Å². The second-order valence-electron chi connectivity index (χ2n) is 7.88. The number of nitrogens with zero attached hydrogens (tertiary/aromatic N) is 2. The van der Waals surface area contributed by atoms with Gasteiger partial charge < -0.3 is 4.57 Å². The number of hydrogen-bond acceptors (Lipinski definition) is 2. The van der Waals surface area contributed by atoms with Crippen molar-refractivity contribution in [3.8, 4) is 16.8 Å². The zero-order valence-corrected chi connectivity index (χ0v) is 18.1. The van der Waals surface area contributed by atoms with Crippen LogP contribution in [0.4, 0.5) is 0 Å². The number of rotatable bonds is 3. The Kier molecular flexibility index (Phi) is 4.03. The minimum absolute atomic E-state index is 0.804. The van der Waals surface area contributed by atoms with Gasteiger partial charge in [0.1, 0.15) is 5.82 Å². The van der Waals surface area contributed by atoms with Crippen molar-refractivity contribution < 1.29 is 4.57 Å². The average molecular weight is 420 g/mol. The number of aromatic nitrogens is 2. The third-order valence-electron chi connectivity index (χ3n) is 6.15. The van der Waals surface area contributed by atoms with E-state index in [-0.39, 0.29) is 0 Å². The van der Waals surface area contributed by atoms with Crippen molar-refractivity contribution >= 4 is 34.1 Å². The van der Waals surface area contributed by atoms with Crippen LogP contribution in [0.3, 0.4) is 0 Å². The van der Waals surface area contributed by atoms with Crippen LogP contribution in [0.25, 0.3) is 27.8 Å². The van der Waals surface area contributed by atoms with Crippen molar-refractivity contribution in [1.29, 1.82) is 0 Å². The number of para-hydroxylation sites is 1.